The highest BCUT2D eigenvalue weighted by Gasteiger charge is 2.45. The molecule has 2 N–H and O–H groups in total. The molecule has 35 heavy (non-hydrogen) atoms. The van der Waals surface area contributed by atoms with Crippen molar-refractivity contribution in [3.8, 4) is 17.2 Å². The largest absolute Gasteiger partial charge is 0.375 e. The molecule has 1 aliphatic heterocycles. The first-order valence-corrected chi connectivity index (χ1v) is 11.0. The highest BCUT2D eigenvalue weighted by atomic mass is 16.3. The Morgan fingerprint density at radius 2 is 1.94 bits per heavy atom. The van der Waals surface area contributed by atoms with Crippen LogP contribution in [0.2, 0.25) is 0 Å². The van der Waals surface area contributed by atoms with E-state index >= 15 is 0 Å². The number of nitrogens with one attached hydrogen (secondary N) is 1. The van der Waals surface area contributed by atoms with Crippen LogP contribution >= 0.6 is 0 Å². The quantitative estimate of drug-likeness (QED) is 0.403. The maximum absolute atomic E-state index is 12.5. The summed E-state index contributed by atoms with van der Waals surface area (Å²) in [7, 11) is 1.69. The Kier molecular flexibility index (Phi) is 4.78. The standard InChI is InChI=1S/C24H21N9O2/c1-31-13-8-24(35,22(31)34)16-5-9-25-18(14-16)17-7-12-33(30-17)21-6-10-26-23(29-21)28-19-15-27-32-11-3-2-4-20(19)32/h2-7,9-12,14-15,35H,8,13H2,1H3,(H,26,28,29)/t24-/m0/s1. The van der Waals surface area contributed by atoms with Gasteiger partial charge in [-0.1, -0.05) is 6.07 Å². The molecule has 1 fully saturated rings. The number of aromatic nitrogens is 7. The molecule has 174 valence electrons. The number of nitrogens with zero attached hydrogens (tertiary/aromatic N) is 8. The van der Waals surface area contributed by atoms with E-state index in [0.717, 1.165) is 11.2 Å². The fourth-order valence-electron chi connectivity index (χ4n) is 4.23. The van der Waals surface area contributed by atoms with E-state index in [4.69, 9.17) is 0 Å². The molecule has 0 bridgehead atoms. The van der Waals surface area contributed by atoms with Gasteiger partial charge in [0.05, 0.1) is 23.1 Å². The van der Waals surface area contributed by atoms with Crippen LogP contribution in [0, 0.1) is 0 Å². The third-order valence-corrected chi connectivity index (χ3v) is 6.15. The monoisotopic (exact) mass is 467 g/mol. The summed E-state index contributed by atoms with van der Waals surface area (Å²) in [6, 6.07) is 12.7. The van der Waals surface area contributed by atoms with Gasteiger partial charge in [-0.25, -0.2) is 14.2 Å². The molecule has 0 spiro atoms. The lowest BCUT2D eigenvalue weighted by molar-refractivity contribution is -0.143. The Bertz CT molecular complexity index is 1560. The maximum Gasteiger partial charge on any atom is 0.258 e. The minimum absolute atomic E-state index is 0.313. The van der Waals surface area contributed by atoms with Gasteiger partial charge in [0, 0.05) is 50.9 Å². The van der Waals surface area contributed by atoms with Crippen LogP contribution in [-0.2, 0) is 10.4 Å². The first-order valence-electron chi connectivity index (χ1n) is 11.0. The van der Waals surface area contributed by atoms with Crippen molar-refractivity contribution >= 4 is 23.1 Å². The number of likely N-dealkylation sites (N-methyl/N-ethyl adjacent to an activating group) is 1. The van der Waals surface area contributed by atoms with Crippen LogP contribution in [0.25, 0.3) is 22.7 Å². The molecule has 0 unspecified atom stereocenters. The Balaban J connectivity index is 1.27. The second kappa shape index (κ2) is 7.99. The minimum Gasteiger partial charge on any atom is -0.375 e. The summed E-state index contributed by atoms with van der Waals surface area (Å²) in [6.45, 7) is 0.501. The van der Waals surface area contributed by atoms with Gasteiger partial charge in [-0.3, -0.25) is 9.78 Å². The summed E-state index contributed by atoms with van der Waals surface area (Å²) in [5.41, 5.74) is 1.80. The molecule has 11 nitrogen and oxygen atoms in total. The smallest absolute Gasteiger partial charge is 0.258 e. The molecular formula is C24H21N9O2. The van der Waals surface area contributed by atoms with Gasteiger partial charge in [-0.2, -0.15) is 15.2 Å². The zero-order valence-electron chi connectivity index (χ0n) is 18.8. The van der Waals surface area contributed by atoms with E-state index in [2.05, 4.69) is 30.5 Å². The van der Waals surface area contributed by atoms with Crippen LogP contribution in [0.4, 0.5) is 11.6 Å². The number of hydrogen-bond donors (Lipinski definition) is 2. The molecular weight excluding hydrogens is 446 g/mol. The van der Waals surface area contributed by atoms with Crippen LogP contribution in [0.5, 0.6) is 0 Å². The van der Waals surface area contributed by atoms with Crippen molar-refractivity contribution in [2.45, 2.75) is 12.0 Å². The summed E-state index contributed by atoms with van der Waals surface area (Å²) in [6.07, 6.45) is 8.92. The third kappa shape index (κ3) is 3.58. The first-order chi connectivity index (χ1) is 17.0. The Hall–Kier alpha value is -4.64. The van der Waals surface area contributed by atoms with Crippen molar-refractivity contribution < 1.29 is 9.90 Å². The van der Waals surface area contributed by atoms with Crippen LogP contribution in [0.15, 0.2) is 73.4 Å². The molecule has 0 aliphatic carbocycles. The Morgan fingerprint density at radius 3 is 2.80 bits per heavy atom. The maximum atomic E-state index is 12.5. The zero-order chi connectivity index (χ0) is 24.0. The van der Waals surface area contributed by atoms with Gasteiger partial charge in [-0.05, 0) is 35.9 Å². The van der Waals surface area contributed by atoms with Gasteiger partial charge in [0.1, 0.15) is 5.69 Å². The second-order valence-electron chi connectivity index (χ2n) is 8.36. The number of anilines is 2. The van der Waals surface area contributed by atoms with E-state index < -0.39 is 5.60 Å². The SMILES string of the molecule is CN1CC[C@](O)(c2ccnc(-c3ccn(-c4ccnc(Nc5cnn6ccccc56)n4)n3)c2)C1=O. The zero-order valence-corrected chi connectivity index (χ0v) is 18.8. The van der Waals surface area contributed by atoms with E-state index in [1.54, 1.807) is 65.3 Å². The lowest BCUT2D eigenvalue weighted by Crippen LogP contribution is -2.36. The van der Waals surface area contributed by atoms with Crippen LogP contribution in [-0.4, -0.2) is 63.9 Å². The van der Waals surface area contributed by atoms with Crippen molar-refractivity contribution in [2.24, 2.45) is 0 Å². The number of carbonyl (C=O) groups excluding carboxylic acids is 1. The van der Waals surface area contributed by atoms with E-state index in [0.29, 0.717) is 41.7 Å². The minimum atomic E-state index is -1.54. The van der Waals surface area contributed by atoms with E-state index in [1.165, 1.54) is 4.90 Å². The fraction of sp³-hybridized carbons (Fsp3) is 0.167. The number of pyridine rings is 2. The molecule has 6 rings (SSSR count). The topological polar surface area (TPSA) is 126 Å². The van der Waals surface area contributed by atoms with Crippen molar-refractivity contribution in [3.05, 3.63) is 79.0 Å². The number of fused-ring (bicyclic) bond motifs is 1. The molecule has 0 aromatic carbocycles. The van der Waals surface area contributed by atoms with Gasteiger partial charge < -0.3 is 15.3 Å². The van der Waals surface area contributed by atoms with Gasteiger partial charge in [0.2, 0.25) is 5.95 Å². The predicted molar refractivity (Wildman–Crippen MR) is 127 cm³/mol. The summed E-state index contributed by atoms with van der Waals surface area (Å²) >= 11 is 0. The van der Waals surface area contributed by atoms with Gasteiger partial charge >= 0.3 is 0 Å². The molecule has 1 atom stereocenters. The van der Waals surface area contributed by atoms with Gasteiger partial charge in [0.25, 0.3) is 5.91 Å². The number of aliphatic hydroxyl groups is 1. The summed E-state index contributed by atoms with van der Waals surface area (Å²) in [5.74, 6) is 0.657. The number of likely N-dealkylation sites (tertiary alicyclic amines) is 1. The van der Waals surface area contributed by atoms with Crippen molar-refractivity contribution in [2.75, 3.05) is 18.9 Å². The van der Waals surface area contributed by atoms with Crippen LogP contribution in [0.1, 0.15) is 12.0 Å². The number of hydrogen-bond acceptors (Lipinski definition) is 8. The highest BCUT2D eigenvalue weighted by molar-refractivity contribution is 5.88. The lowest BCUT2D eigenvalue weighted by atomic mass is 9.92. The first kappa shape index (κ1) is 20.9. The van der Waals surface area contributed by atoms with Crippen molar-refractivity contribution in [3.63, 3.8) is 0 Å². The predicted octanol–water partition coefficient (Wildman–Crippen LogP) is 2.17. The summed E-state index contributed by atoms with van der Waals surface area (Å²) < 4.78 is 3.39. The molecule has 6 heterocycles. The Labute approximate surface area is 199 Å². The molecule has 5 aromatic rings. The molecule has 1 aliphatic rings. The molecule has 0 radical (unpaired) electrons. The van der Waals surface area contributed by atoms with E-state index in [-0.39, 0.29) is 5.91 Å². The molecule has 0 saturated carbocycles. The number of rotatable bonds is 5. The Morgan fingerprint density at radius 1 is 1.06 bits per heavy atom. The van der Waals surface area contributed by atoms with Crippen molar-refractivity contribution in [1.82, 2.24) is 39.2 Å². The fourth-order valence-corrected chi connectivity index (χ4v) is 4.23. The third-order valence-electron chi connectivity index (χ3n) is 6.15. The van der Waals surface area contributed by atoms with E-state index in [1.807, 2.05) is 24.4 Å². The number of carbonyl (C=O) groups is 1. The lowest BCUT2D eigenvalue weighted by Gasteiger charge is -2.21. The normalized spacial score (nSPS) is 17.9. The molecule has 11 heteroatoms. The average molecular weight is 467 g/mol. The van der Waals surface area contributed by atoms with Gasteiger partial charge in [0.15, 0.2) is 11.4 Å². The summed E-state index contributed by atoms with van der Waals surface area (Å²) in [4.78, 5) is 27.3. The summed E-state index contributed by atoms with van der Waals surface area (Å²) in [5, 5.41) is 23.1. The molecule has 1 amide bonds. The van der Waals surface area contributed by atoms with Gasteiger partial charge in [-0.15, -0.1) is 0 Å². The van der Waals surface area contributed by atoms with E-state index in [9.17, 15) is 9.90 Å². The second-order valence-corrected chi connectivity index (χ2v) is 8.36. The average Bonchev–Trinajstić information content (AvgIpc) is 3.61. The van der Waals surface area contributed by atoms with Crippen LogP contribution in [0.3, 0.4) is 0 Å². The van der Waals surface area contributed by atoms with Crippen LogP contribution < -0.4 is 5.32 Å². The number of amides is 1. The molecule has 1 saturated heterocycles. The highest BCUT2D eigenvalue weighted by Crippen LogP contribution is 2.33. The molecule has 5 aromatic heterocycles. The van der Waals surface area contributed by atoms with Crippen molar-refractivity contribution in [1.29, 1.82) is 0 Å².